The zero-order chi connectivity index (χ0) is 13.8. The van der Waals surface area contributed by atoms with Crippen LogP contribution in [0.15, 0.2) is 0 Å². The Bertz CT molecular complexity index is 353. The molecule has 0 bridgehead atoms. The van der Waals surface area contributed by atoms with E-state index < -0.39 is 5.54 Å². The second kappa shape index (κ2) is 5.96. The van der Waals surface area contributed by atoms with Gasteiger partial charge in [-0.25, -0.2) is 0 Å². The molecule has 0 aromatic carbocycles. The van der Waals surface area contributed by atoms with E-state index in [0.29, 0.717) is 18.6 Å². The fourth-order valence-electron chi connectivity index (χ4n) is 3.77. The monoisotopic (exact) mass is 263 g/mol. The minimum absolute atomic E-state index is 0.113. The third kappa shape index (κ3) is 2.95. The molecule has 3 heteroatoms. The Labute approximate surface area is 116 Å². The second-order valence-corrected chi connectivity index (χ2v) is 6.07. The Morgan fingerprint density at radius 3 is 2.37 bits per heavy atom. The molecule has 2 aliphatic rings. The highest BCUT2D eigenvalue weighted by Crippen LogP contribution is 2.51. The van der Waals surface area contributed by atoms with Crippen LogP contribution in [0.2, 0.25) is 0 Å². The van der Waals surface area contributed by atoms with E-state index in [1.165, 1.54) is 25.7 Å². The van der Waals surface area contributed by atoms with Gasteiger partial charge in [-0.2, -0.15) is 0 Å². The normalized spacial score (nSPS) is 24.0. The number of nitrogens with one attached hydrogen (secondary N) is 1. The molecule has 2 fully saturated rings. The number of rotatable bonds is 4. The van der Waals surface area contributed by atoms with Crippen molar-refractivity contribution in [3.63, 3.8) is 0 Å². The van der Waals surface area contributed by atoms with Crippen molar-refractivity contribution in [2.45, 2.75) is 63.8 Å². The second-order valence-electron chi connectivity index (χ2n) is 6.07. The highest BCUT2D eigenvalue weighted by Gasteiger charge is 2.48. The van der Waals surface area contributed by atoms with Gasteiger partial charge >= 0.3 is 5.97 Å². The standard InChI is InChI=1S/C16H25NO2/c1-3-13-17-16(14(18)19-4-2)11-9-15(10-12-16)7-5-6-8-15/h1,17H,4-13H2,2H3. The maximum Gasteiger partial charge on any atom is 0.326 e. The molecule has 0 saturated heterocycles. The SMILES string of the molecule is C#CCNC1(C(=O)OCC)CCC2(CCCC2)CC1. The lowest BCUT2D eigenvalue weighted by atomic mass is 9.66. The molecule has 1 spiro atoms. The van der Waals surface area contributed by atoms with Gasteiger partial charge in [-0.05, 0) is 50.9 Å². The van der Waals surface area contributed by atoms with Crippen molar-refractivity contribution in [2.24, 2.45) is 5.41 Å². The molecule has 0 heterocycles. The predicted molar refractivity (Wildman–Crippen MR) is 75.6 cm³/mol. The van der Waals surface area contributed by atoms with Crippen LogP contribution in [0.3, 0.4) is 0 Å². The molecule has 19 heavy (non-hydrogen) atoms. The summed E-state index contributed by atoms with van der Waals surface area (Å²) in [6, 6.07) is 0. The maximum absolute atomic E-state index is 12.3. The van der Waals surface area contributed by atoms with Crippen molar-refractivity contribution in [1.29, 1.82) is 0 Å². The largest absolute Gasteiger partial charge is 0.465 e. The molecule has 3 nitrogen and oxygen atoms in total. The van der Waals surface area contributed by atoms with Gasteiger partial charge in [0.2, 0.25) is 0 Å². The van der Waals surface area contributed by atoms with E-state index in [4.69, 9.17) is 11.2 Å². The predicted octanol–water partition coefficient (Wildman–Crippen LogP) is 2.65. The van der Waals surface area contributed by atoms with Crippen molar-refractivity contribution in [3.8, 4) is 12.3 Å². The molecule has 0 aromatic rings. The number of esters is 1. The fraction of sp³-hybridized carbons (Fsp3) is 0.812. The van der Waals surface area contributed by atoms with E-state index >= 15 is 0 Å². The molecule has 106 valence electrons. The van der Waals surface area contributed by atoms with Crippen LogP contribution in [-0.2, 0) is 9.53 Å². The summed E-state index contributed by atoms with van der Waals surface area (Å²) in [5, 5.41) is 3.27. The number of carbonyl (C=O) groups excluding carboxylic acids is 1. The third-order valence-corrected chi connectivity index (χ3v) is 5.02. The molecular weight excluding hydrogens is 238 g/mol. The summed E-state index contributed by atoms with van der Waals surface area (Å²) >= 11 is 0. The Morgan fingerprint density at radius 1 is 1.21 bits per heavy atom. The lowest BCUT2D eigenvalue weighted by Gasteiger charge is -2.43. The van der Waals surface area contributed by atoms with Crippen molar-refractivity contribution in [1.82, 2.24) is 5.32 Å². The number of hydrogen-bond acceptors (Lipinski definition) is 3. The molecule has 0 aromatic heterocycles. The zero-order valence-corrected chi connectivity index (χ0v) is 12.0. The number of terminal acetylenes is 1. The van der Waals surface area contributed by atoms with E-state index in [-0.39, 0.29) is 5.97 Å². The summed E-state index contributed by atoms with van der Waals surface area (Å²) in [5.74, 6) is 2.47. The van der Waals surface area contributed by atoms with Gasteiger partial charge in [0.1, 0.15) is 5.54 Å². The Balaban J connectivity index is 2.04. The van der Waals surface area contributed by atoms with E-state index in [2.05, 4.69) is 11.2 Å². The van der Waals surface area contributed by atoms with Crippen LogP contribution in [0.5, 0.6) is 0 Å². The van der Waals surface area contributed by atoms with Gasteiger partial charge in [0.15, 0.2) is 0 Å². The first-order chi connectivity index (χ1) is 9.16. The minimum Gasteiger partial charge on any atom is -0.465 e. The van der Waals surface area contributed by atoms with Crippen LogP contribution in [0.25, 0.3) is 0 Å². The van der Waals surface area contributed by atoms with Crippen molar-refractivity contribution in [3.05, 3.63) is 0 Å². The van der Waals surface area contributed by atoms with Crippen LogP contribution < -0.4 is 5.32 Å². The van der Waals surface area contributed by atoms with Crippen LogP contribution in [0.1, 0.15) is 58.3 Å². The summed E-state index contributed by atoms with van der Waals surface area (Å²) in [6.07, 6.45) is 14.7. The van der Waals surface area contributed by atoms with Gasteiger partial charge in [0, 0.05) is 0 Å². The average molecular weight is 263 g/mol. The van der Waals surface area contributed by atoms with Gasteiger partial charge in [-0.1, -0.05) is 18.8 Å². The van der Waals surface area contributed by atoms with Crippen LogP contribution in [0.4, 0.5) is 0 Å². The van der Waals surface area contributed by atoms with Crippen LogP contribution in [-0.4, -0.2) is 24.7 Å². The minimum atomic E-state index is -0.532. The Kier molecular flexibility index (Phi) is 4.52. The molecule has 2 saturated carbocycles. The van der Waals surface area contributed by atoms with E-state index in [0.717, 1.165) is 25.7 Å². The molecule has 1 N–H and O–H groups in total. The molecule has 0 unspecified atom stereocenters. The van der Waals surface area contributed by atoms with Crippen molar-refractivity contribution in [2.75, 3.05) is 13.2 Å². The lowest BCUT2D eigenvalue weighted by Crippen LogP contribution is -2.56. The van der Waals surface area contributed by atoms with Gasteiger partial charge in [0.25, 0.3) is 0 Å². The lowest BCUT2D eigenvalue weighted by molar-refractivity contribution is -0.154. The van der Waals surface area contributed by atoms with Gasteiger partial charge < -0.3 is 4.74 Å². The first kappa shape index (κ1) is 14.4. The molecule has 0 atom stereocenters. The van der Waals surface area contributed by atoms with Gasteiger partial charge in [-0.3, -0.25) is 10.1 Å². The van der Waals surface area contributed by atoms with Crippen molar-refractivity contribution < 1.29 is 9.53 Å². The topological polar surface area (TPSA) is 38.3 Å². The molecule has 0 amide bonds. The first-order valence-corrected chi connectivity index (χ1v) is 7.52. The summed E-state index contributed by atoms with van der Waals surface area (Å²) in [5.41, 5.74) is -0.0238. The molecule has 0 radical (unpaired) electrons. The zero-order valence-electron chi connectivity index (χ0n) is 12.0. The van der Waals surface area contributed by atoms with E-state index in [1.54, 1.807) is 0 Å². The summed E-state index contributed by atoms with van der Waals surface area (Å²) < 4.78 is 5.26. The average Bonchev–Trinajstić information content (AvgIpc) is 2.88. The highest BCUT2D eigenvalue weighted by atomic mass is 16.5. The maximum atomic E-state index is 12.3. The molecular formula is C16H25NO2. The quantitative estimate of drug-likeness (QED) is 0.626. The molecule has 2 aliphatic carbocycles. The Hall–Kier alpha value is -1.01. The smallest absolute Gasteiger partial charge is 0.326 e. The van der Waals surface area contributed by atoms with E-state index in [1.807, 2.05) is 6.92 Å². The summed E-state index contributed by atoms with van der Waals surface area (Å²) in [6.45, 7) is 2.73. The van der Waals surface area contributed by atoms with Crippen LogP contribution >= 0.6 is 0 Å². The Morgan fingerprint density at radius 2 is 1.84 bits per heavy atom. The van der Waals surface area contributed by atoms with Crippen molar-refractivity contribution >= 4 is 5.97 Å². The third-order valence-electron chi connectivity index (χ3n) is 5.02. The van der Waals surface area contributed by atoms with Gasteiger partial charge in [0.05, 0.1) is 13.2 Å². The van der Waals surface area contributed by atoms with Gasteiger partial charge in [-0.15, -0.1) is 6.42 Å². The molecule has 0 aliphatic heterocycles. The number of hydrogen-bond donors (Lipinski definition) is 1. The van der Waals surface area contributed by atoms with E-state index in [9.17, 15) is 4.79 Å². The highest BCUT2D eigenvalue weighted by molar-refractivity contribution is 5.81. The molecule has 2 rings (SSSR count). The number of carbonyl (C=O) groups is 1. The fourth-order valence-corrected chi connectivity index (χ4v) is 3.77. The van der Waals surface area contributed by atoms with Crippen LogP contribution in [0, 0.1) is 17.8 Å². The summed E-state index contributed by atoms with van der Waals surface area (Å²) in [4.78, 5) is 12.3. The number of ether oxygens (including phenoxy) is 1. The summed E-state index contributed by atoms with van der Waals surface area (Å²) in [7, 11) is 0. The first-order valence-electron chi connectivity index (χ1n) is 7.52.